The molecular formula is C15H18BrCl2N3O2. The zero-order valence-corrected chi connectivity index (χ0v) is 15.8. The Morgan fingerprint density at radius 1 is 1.39 bits per heavy atom. The van der Waals surface area contributed by atoms with Crippen LogP contribution in [0, 0.1) is 0 Å². The van der Waals surface area contributed by atoms with Crippen molar-refractivity contribution in [3.8, 4) is 0 Å². The van der Waals surface area contributed by atoms with Crippen LogP contribution < -0.4 is 0 Å². The Morgan fingerprint density at radius 3 is 2.87 bits per heavy atom. The summed E-state index contributed by atoms with van der Waals surface area (Å²) in [6.07, 6.45) is 5.12. The third kappa shape index (κ3) is 4.06. The lowest BCUT2D eigenvalue weighted by atomic mass is 10.1. The van der Waals surface area contributed by atoms with E-state index in [4.69, 9.17) is 32.7 Å². The van der Waals surface area contributed by atoms with Gasteiger partial charge in [0.05, 0.1) is 17.7 Å². The van der Waals surface area contributed by atoms with Gasteiger partial charge in [0.25, 0.3) is 0 Å². The molecule has 1 saturated heterocycles. The molecule has 2 heterocycles. The van der Waals surface area contributed by atoms with Gasteiger partial charge in [0.1, 0.15) is 19.2 Å². The molecule has 0 spiro atoms. The van der Waals surface area contributed by atoms with Crippen molar-refractivity contribution < 1.29 is 9.47 Å². The topological polar surface area (TPSA) is 49.2 Å². The summed E-state index contributed by atoms with van der Waals surface area (Å²) in [5, 5.41) is 5.24. The fourth-order valence-electron chi connectivity index (χ4n) is 2.66. The Morgan fingerprint density at radius 2 is 2.22 bits per heavy atom. The van der Waals surface area contributed by atoms with Crippen LogP contribution in [-0.4, -0.2) is 27.5 Å². The summed E-state index contributed by atoms with van der Waals surface area (Å²) < 4.78 is 14.0. The minimum Gasteiger partial charge on any atom is -0.342 e. The van der Waals surface area contributed by atoms with Gasteiger partial charge in [-0.25, -0.2) is 9.67 Å². The predicted molar refractivity (Wildman–Crippen MR) is 94.2 cm³/mol. The van der Waals surface area contributed by atoms with E-state index in [9.17, 15) is 0 Å². The maximum absolute atomic E-state index is 6.37. The van der Waals surface area contributed by atoms with Crippen LogP contribution in [0.2, 0.25) is 10.0 Å². The molecule has 126 valence electrons. The van der Waals surface area contributed by atoms with Crippen molar-refractivity contribution in [3.05, 3.63) is 46.5 Å². The predicted octanol–water partition coefficient (Wildman–Crippen LogP) is 4.23. The van der Waals surface area contributed by atoms with Gasteiger partial charge in [-0.1, -0.05) is 42.6 Å². The number of hydrogen-bond acceptors (Lipinski definition) is 4. The van der Waals surface area contributed by atoms with Crippen molar-refractivity contribution in [2.45, 2.75) is 38.2 Å². The number of nitrogens with zero attached hydrogens (tertiary/aromatic N) is 3. The van der Waals surface area contributed by atoms with E-state index >= 15 is 0 Å². The van der Waals surface area contributed by atoms with Crippen molar-refractivity contribution in [2.24, 2.45) is 0 Å². The van der Waals surface area contributed by atoms with E-state index in [1.807, 2.05) is 6.07 Å². The third-order valence-corrected chi connectivity index (χ3v) is 4.20. The normalized spacial score (nSPS) is 23.7. The first-order chi connectivity index (χ1) is 10.6. The van der Waals surface area contributed by atoms with E-state index in [-0.39, 0.29) is 23.1 Å². The third-order valence-electron chi connectivity index (χ3n) is 3.65. The number of aromatic nitrogens is 3. The van der Waals surface area contributed by atoms with Crippen molar-refractivity contribution in [3.63, 3.8) is 0 Å². The lowest BCUT2D eigenvalue weighted by Crippen LogP contribution is -2.34. The van der Waals surface area contributed by atoms with E-state index in [0.717, 1.165) is 18.4 Å². The van der Waals surface area contributed by atoms with Gasteiger partial charge in [-0.2, -0.15) is 5.10 Å². The van der Waals surface area contributed by atoms with Gasteiger partial charge in [-0.05, 0) is 18.6 Å². The number of rotatable bonds is 5. The van der Waals surface area contributed by atoms with Gasteiger partial charge < -0.3 is 9.47 Å². The quantitative estimate of drug-likeness (QED) is 0.723. The highest BCUT2D eigenvalue weighted by Gasteiger charge is 2.45. The minimum atomic E-state index is -0.963. The molecule has 1 aromatic carbocycles. The van der Waals surface area contributed by atoms with E-state index in [2.05, 4.69) is 17.0 Å². The molecule has 0 amide bonds. The highest BCUT2D eigenvalue weighted by molar-refractivity contribution is 8.93. The summed E-state index contributed by atoms with van der Waals surface area (Å²) in [7, 11) is 0. The second-order valence-corrected chi connectivity index (χ2v) is 6.15. The van der Waals surface area contributed by atoms with Gasteiger partial charge in [-0.3, -0.25) is 0 Å². The maximum Gasteiger partial charge on any atom is 0.217 e. The monoisotopic (exact) mass is 421 g/mol. The van der Waals surface area contributed by atoms with Gasteiger partial charge in [0.2, 0.25) is 5.79 Å². The molecule has 8 heteroatoms. The van der Waals surface area contributed by atoms with Crippen LogP contribution in [0.15, 0.2) is 30.9 Å². The molecule has 3 rings (SSSR count). The van der Waals surface area contributed by atoms with Gasteiger partial charge in [0, 0.05) is 10.6 Å². The van der Waals surface area contributed by atoms with Crippen LogP contribution in [0.4, 0.5) is 0 Å². The molecule has 0 aliphatic carbocycles. The Labute approximate surface area is 155 Å². The summed E-state index contributed by atoms with van der Waals surface area (Å²) in [5.41, 5.74) is 0.757. The van der Waals surface area contributed by atoms with Crippen molar-refractivity contribution in [1.82, 2.24) is 14.8 Å². The van der Waals surface area contributed by atoms with E-state index < -0.39 is 5.79 Å². The van der Waals surface area contributed by atoms with E-state index in [0.29, 0.717) is 23.2 Å². The van der Waals surface area contributed by atoms with Crippen LogP contribution in [-0.2, 0) is 21.8 Å². The molecule has 1 aliphatic heterocycles. The molecule has 5 nitrogen and oxygen atoms in total. The van der Waals surface area contributed by atoms with E-state index in [1.54, 1.807) is 23.1 Å². The number of halogens is 3. The Bertz CT molecular complexity index is 642. The Balaban J connectivity index is 0.00000192. The molecule has 2 atom stereocenters. The lowest BCUT2D eigenvalue weighted by molar-refractivity contribution is -0.189. The van der Waals surface area contributed by atoms with Crippen LogP contribution in [0.3, 0.4) is 0 Å². The largest absolute Gasteiger partial charge is 0.342 e. The molecule has 0 N–H and O–H groups in total. The van der Waals surface area contributed by atoms with Crippen molar-refractivity contribution in [2.75, 3.05) is 6.61 Å². The molecule has 2 unspecified atom stereocenters. The second-order valence-electron chi connectivity index (χ2n) is 5.31. The summed E-state index contributed by atoms with van der Waals surface area (Å²) >= 11 is 12.4. The van der Waals surface area contributed by atoms with Gasteiger partial charge >= 0.3 is 0 Å². The van der Waals surface area contributed by atoms with Crippen LogP contribution >= 0.6 is 40.2 Å². The van der Waals surface area contributed by atoms with Crippen molar-refractivity contribution >= 4 is 40.2 Å². The first-order valence-corrected chi connectivity index (χ1v) is 7.98. The SMILES string of the molecule is Br.CCCC1COC(Cn2cncn2)(c2ccc(Cl)cc2Cl)O1. The fourth-order valence-corrected chi connectivity index (χ4v) is 3.22. The zero-order chi connectivity index (χ0) is 15.6. The average Bonchev–Trinajstić information content (AvgIpc) is 3.10. The maximum atomic E-state index is 6.37. The highest BCUT2D eigenvalue weighted by atomic mass is 79.9. The standard InChI is InChI=1S/C15H17Cl2N3O2.BrH/c1-2-3-12-7-21-15(22-12,8-20-10-18-9-19-20)13-5-4-11(16)6-14(13)17;/h4-6,9-10,12H,2-3,7-8H2,1H3;1H. The average molecular weight is 423 g/mol. The second kappa shape index (κ2) is 7.94. The summed E-state index contributed by atoms with van der Waals surface area (Å²) in [6.45, 7) is 3.03. The molecular weight excluding hydrogens is 405 g/mol. The summed E-state index contributed by atoms with van der Waals surface area (Å²) in [4.78, 5) is 3.97. The molecule has 0 bridgehead atoms. The first kappa shape index (κ1) is 18.7. The lowest BCUT2D eigenvalue weighted by Gasteiger charge is -2.29. The van der Waals surface area contributed by atoms with Gasteiger partial charge in [0.15, 0.2) is 0 Å². The minimum absolute atomic E-state index is 0. The highest BCUT2D eigenvalue weighted by Crippen LogP contribution is 2.41. The summed E-state index contributed by atoms with van der Waals surface area (Å²) in [5.74, 6) is -0.963. The Hall–Kier alpha value is -0.660. The first-order valence-electron chi connectivity index (χ1n) is 7.22. The molecule has 1 aliphatic rings. The molecule has 23 heavy (non-hydrogen) atoms. The number of benzene rings is 1. The van der Waals surface area contributed by atoms with Crippen LogP contribution in [0.1, 0.15) is 25.3 Å². The Kier molecular flexibility index (Phi) is 6.45. The molecule has 0 saturated carbocycles. The smallest absolute Gasteiger partial charge is 0.217 e. The van der Waals surface area contributed by atoms with Crippen molar-refractivity contribution in [1.29, 1.82) is 0 Å². The van der Waals surface area contributed by atoms with Gasteiger partial charge in [-0.15, -0.1) is 17.0 Å². The van der Waals surface area contributed by atoms with E-state index in [1.165, 1.54) is 6.33 Å². The number of hydrogen-bond donors (Lipinski definition) is 0. The van der Waals surface area contributed by atoms with Crippen LogP contribution in [0.5, 0.6) is 0 Å². The van der Waals surface area contributed by atoms with Crippen LogP contribution in [0.25, 0.3) is 0 Å². The molecule has 2 aromatic rings. The zero-order valence-electron chi connectivity index (χ0n) is 12.6. The summed E-state index contributed by atoms with van der Waals surface area (Å²) in [6, 6.07) is 5.32. The molecule has 0 radical (unpaired) electrons. The fraction of sp³-hybridized carbons (Fsp3) is 0.467. The number of ether oxygens (including phenoxy) is 2. The molecule has 1 fully saturated rings. The molecule has 1 aromatic heterocycles.